The van der Waals surface area contributed by atoms with Crippen LogP contribution in [0.4, 0.5) is 5.69 Å². The van der Waals surface area contributed by atoms with Crippen molar-refractivity contribution in [3.63, 3.8) is 0 Å². The van der Waals surface area contributed by atoms with Crippen molar-refractivity contribution in [3.05, 3.63) is 46.0 Å². The Labute approximate surface area is 109 Å². The number of nitrogens with zero attached hydrogens (tertiary/aromatic N) is 2. The molecule has 0 saturated heterocycles. The maximum absolute atomic E-state index is 10.6. The van der Waals surface area contributed by atoms with Crippen LogP contribution in [0.3, 0.4) is 0 Å². The van der Waals surface area contributed by atoms with Gasteiger partial charge in [0.05, 0.1) is 10.6 Å². The lowest BCUT2D eigenvalue weighted by molar-refractivity contribution is -0.384. The van der Waals surface area contributed by atoms with Crippen LogP contribution in [0.5, 0.6) is 11.8 Å². The van der Waals surface area contributed by atoms with E-state index in [1.54, 1.807) is 0 Å². The number of non-ortho nitro benzene ring substituents is 1. The summed E-state index contributed by atoms with van der Waals surface area (Å²) in [5.74, 6) is -0.122. The average molecular weight is 262 g/mol. The molecule has 1 heterocycles. The monoisotopic (exact) mass is 262 g/mol. The number of hydrogen-bond donors (Lipinski definition) is 2. The summed E-state index contributed by atoms with van der Waals surface area (Å²) in [7, 11) is 0. The molecule has 0 fully saturated rings. The fourth-order valence-corrected chi connectivity index (χ4v) is 1.97. The molecule has 0 bridgehead atoms. The molecule has 0 amide bonds. The van der Waals surface area contributed by atoms with Crippen LogP contribution >= 0.6 is 0 Å². The lowest BCUT2D eigenvalue weighted by Gasteiger charge is -2.06. The fourth-order valence-electron chi connectivity index (χ4n) is 1.97. The minimum atomic E-state index is -0.498. The molecule has 19 heavy (non-hydrogen) atoms. The minimum Gasteiger partial charge on any atom is -0.494 e. The van der Waals surface area contributed by atoms with Crippen LogP contribution in [0.15, 0.2) is 30.3 Å². The molecule has 1 aromatic carbocycles. The SMILES string of the molecule is CCCc1cc(O)n(-c2ccc([N+](=O)[O-])cc2)c1O. The second kappa shape index (κ2) is 5.01. The van der Waals surface area contributed by atoms with Gasteiger partial charge in [-0.05, 0) is 18.6 Å². The Morgan fingerprint density at radius 3 is 2.42 bits per heavy atom. The minimum absolute atomic E-state index is 0.0341. The van der Waals surface area contributed by atoms with E-state index >= 15 is 0 Å². The zero-order valence-corrected chi connectivity index (χ0v) is 10.4. The molecule has 1 aromatic heterocycles. The molecule has 2 rings (SSSR count). The molecule has 0 aliphatic heterocycles. The highest BCUT2D eigenvalue weighted by Gasteiger charge is 2.15. The van der Waals surface area contributed by atoms with Gasteiger partial charge >= 0.3 is 0 Å². The van der Waals surface area contributed by atoms with Crippen LogP contribution in [-0.4, -0.2) is 19.7 Å². The van der Waals surface area contributed by atoms with Crippen molar-refractivity contribution < 1.29 is 15.1 Å². The zero-order chi connectivity index (χ0) is 14.0. The molecule has 0 saturated carbocycles. The summed E-state index contributed by atoms with van der Waals surface area (Å²) in [6.07, 6.45) is 1.50. The summed E-state index contributed by atoms with van der Waals surface area (Å²) < 4.78 is 1.26. The standard InChI is InChI=1S/C13H14N2O4/c1-2-3-9-8-12(16)14(13(9)17)10-4-6-11(7-5-10)15(18)19/h4-8,16-17H,2-3H2,1H3. The van der Waals surface area contributed by atoms with E-state index < -0.39 is 4.92 Å². The van der Waals surface area contributed by atoms with E-state index in [4.69, 9.17) is 0 Å². The Morgan fingerprint density at radius 2 is 1.89 bits per heavy atom. The molecule has 2 aromatic rings. The Bertz CT molecular complexity index is 602. The number of nitro benzene ring substituents is 1. The van der Waals surface area contributed by atoms with E-state index in [9.17, 15) is 20.3 Å². The van der Waals surface area contributed by atoms with Crippen molar-refractivity contribution in [3.8, 4) is 17.4 Å². The first-order valence-electron chi connectivity index (χ1n) is 5.92. The van der Waals surface area contributed by atoms with Crippen LogP contribution in [0.1, 0.15) is 18.9 Å². The van der Waals surface area contributed by atoms with E-state index in [1.807, 2.05) is 6.92 Å². The quantitative estimate of drug-likeness (QED) is 0.655. The van der Waals surface area contributed by atoms with Gasteiger partial charge in [0.2, 0.25) is 5.88 Å². The van der Waals surface area contributed by atoms with Gasteiger partial charge in [0.25, 0.3) is 5.69 Å². The van der Waals surface area contributed by atoms with Crippen LogP contribution in [0.2, 0.25) is 0 Å². The summed E-state index contributed by atoms with van der Waals surface area (Å²) >= 11 is 0. The van der Waals surface area contributed by atoms with E-state index in [1.165, 1.54) is 34.9 Å². The molecule has 0 atom stereocenters. The lowest BCUT2D eigenvalue weighted by Crippen LogP contribution is -1.94. The maximum atomic E-state index is 10.6. The van der Waals surface area contributed by atoms with Gasteiger partial charge in [-0.25, -0.2) is 0 Å². The molecule has 0 unspecified atom stereocenters. The topological polar surface area (TPSA) is 88.5 Å². The van der Waals surface area contributed by atoms with Crippen molar-refractivity contribution in [2.45, 2.75) is 19.8 Å². The number of aryl methyl sites for hydroxylation is 1. The number of benzene rings is 1. The molecular weight excluding hydrogens is 248 g/mol. The summed E-state index contributed by atoms with van der Waals surface area (Å²) in [6.45, 7) is 1.97. The van der Waals surface area contributed by atoms with Crippen LogP contribution in [0.25, 0.3) is 5.69 Å². The molecular formula is C13H14N2O4. The Hall–Kier alpha value is -2.50. The second-order valence-electron chi connectivity index (χ2n) is 4.21. The molecule has 0 spiro atoms. The van der Waals surface area contributed by atoms with Gasteiger partial charge < -0.3 is 10.2 Å². The summed E-state index contributed by atoms with van der Waals surface area (Å²) in [5.41, 5.74) is 1.09. The van der Waals surface area contributed by atoms with E-state index in [-0.39, 0.29) is 17.4 Å². The molecule has 6 nitrogen and oxygen atoms in total. The molecule has 6 heteroatoms. The Kier molecular flexibility index (Phi) is 3.41. The first kappa shape index (κ1) is 12.9. The summed E-state index contributed by atoms with van der Waals surface area (Å²) in [5, 5.41) is 30.5. The van der Waals surface area contributed by atoms with E-state index in [0.717, 1.165) is 6.42 Å². The van der Waals surface area contributed by atoms with Crippen LogP contribution in [0, 0.1) is 10.1 Å². The molecule has 100 valence electrons. The van der Waals surface area contributed by atoms with Gasteiger partial charge in [0.1, 0.15) is 0 Å². The highest BCUT2D eigenvalue weighted by Crippen LogP contribution is 2.32. The lowest BCUT2D eigenvalue weighted by atomic mass is 10.2. The fraction of sp³-hybridized carbons (Fsp3) is 0.231. The van der Waals surface area contributed by atoms with Gasteiger partial charge in [-0.15, -0.1) is 0 Å². The van der Waals surface area contributed by atoms with E-state index in [2.05, 4.69) is 0 Å². The normalized spacial score (nSPS) is 10.6. The van der Waals surface area contributed by atoms with Crippen molar-refractivity contribution >= 4 is 5.69 Å². The predicted molar refractivity (Wildman–Crippen MR) is 69.7 cm³/mol. The second-order valence-corrected chi connectivity index (χ2v) is 4.21. The third kappa shape index (κ3) is 2.37. The highest BCUT2D eigenvalue weighted by molar-refractivity contribution is 5.49. The first-order valence-corrected chi connectivity index (χ1v) is 5.92. The van der Waals surface area contributed by atoms with Crippen molar-refractivity contribution in [2.75, 3.05) is 0 Å². The molecule has 2 N–H and O–H groups in total. The number of nitro groups is 1. The Balaban J connectivity index is 2.44. The number of aromatic hydroxyl groups is 2. The van der Waals surface area contributed by atoms with Gasteiger partial charge in [0.15, 0.2) is 5.88 Å². The number of rotatable bonds is 4. The van der Waals surface area contributed by atoms with E-state index in [0.29, 0.717) is 17.7 Å². The van der Waals surface area contributed by atoms with Crippen LogP contribution in [-0.2, 0) is 6.42 Å². The van der Waals surface area contributed by atoms with Gasteiger partial charge in [-0.1, -0.05) is 13.3 Å². The van der Waals surface area contributed by atoms with Gasteiger partial charge in [-0.2, -0.15) is 0 Å². The Morgan fingerprint density at radius 1 is 1.26 bits per heavy atom. The maximum Gasteiger partial charge on any atom is 0.269 e. The average Bonchev–Trinajstić information content (AvgIpc) is 2.65. The number of aromatic nitrogens is 1. The smallest absolute Gasteiger partial charge is 0.269 e. The highest BCUT2D eigenvalue weighted by atomic mass is 16.6. The summed E-state index contributed by atoms with van der Waals surface area (Å²) in [4.78, 5) is 10.1. The molecule has 0 aliphatic carbocycles. The first-order chi connectivity index (χ1) is 9.04. The predicted octanol–water partition coefficient (Wildman–Crippen LogP) is 2.75. The molecule has 0 aliphatic rings. The largest absolute Gasteiger partial charge is 0.494 e. The zero-order valence-electron chi connectivity index (χ0n) is 10.4. The van der Waals surface area contributed by atoms with Gasteiger partial charge in [-0.3, -0.25) is 14.7 Å². The third-order valence-electron chi connectivity index (χ3n) is 2.87. The molecule has 0 radical (unpaired) electrons. The van der Waals surface area contributed by atoms with Crippen molar-refractivity contribution in [1.82, 2.24) is 4.57 Å². The van der Waals surface area contributed by atoms with Crippen molar-refractivity contribution in [2.24, 2.45) is 0 Å². The van der Waals surface area contributed by atoms with Crippen LogP contribution < -0.4 is 0 Å². The summed E-state index contributed by atoms with van der Waals surface area (Å²) in [6, 6.07) is 7.11. The van der Waals surface area contributed by atoms with Crippen molar-refractivity contribution in [1.29, 1.82) is 0 Å². The third-order valence-corrected chi connectivity index (χ3v) is 2.87. The number of hydrogen-bond acceptors (Lipinski definition) is 4. The van der Waals surface area contributed by atoms with Gasteiger partial charge in [0, 0.05) is 23.8 Å².